The monoisotopic (exact) mass is 226 g/mol. The van der Waals surface area contributed by atoms with Gasteiger partial charge in [0.05, 0.1) is 12.7 Å². The smallest absolute Gasteiger partial charge is 0.373 e. The lowest BCUT2D eigenvalue weighted by molar-refractivity contribution is -0.182. The molecule has 5 heteroatoms. The van der Waals surface area contributed by atoms with Gasteiger partial charge in [0.2, 0.25) is 0 Å². The molecule has 0 spiro atoms. The van der Waals surface area contributed by atoms with Crippen LogP contribution < -0.4 is 4.74 Å². The summed E-state index contributed by atoms with van der Waals surface area (Å²) >= 11 is 0. The summed E-state index contributed by atoms with van der Waals surface area (Å²) in [6.45, 7) is 1.93. The van der Waals surface area contributed by atoms with E-state index in [9.17, 15) is 9.90 Å². The maximum atomic E-state index is 11.3. The first-order valence-corrected chi connectivity index (χ1v) is 4.90. The van der Waals surface area contributed by atoms with Crippen LogP contribution in [0.1, 0.15) is 29.3 Å². The summed E-state index contributed by atoms with van der Waals surface area (Å²) in [5.74, 6) is -0.660. The lowest BCUT2D eigenvalue weighted by Gasteiger charge is -2.12. The van der Waals surface area contributed by atoms with Crippen molar-refractivity contribution in [3.8, 4) is 11.5 Å². The summed E-state index contributed by atoms with van der Waals surface area (Å²) in [4.78, 5) is 15.0. The molecule has 0 aliphatic heterocycles. The van der Waals surface area contributed by atoms with Crippen LogP contribution in [0.5, 0.6) is 11.5 Å². The third kappa shape index (κ3) is 2.25. The molecule has 0 saturated carbocycles. The Bertz CT molecular complexity index is 386. The molecule has 2 N–H and O–H groups in total. The fraction of sp³-hybridized carbons (Fsp3) is 0.364. The van der Waals surface area contributed by atoms with Gasteiger partial charge < -0.3 is 9.84 Å². The van der Waals surface area contributed by atoms with Crippen molar-refractivity contribution in [1.82, 2.24) is 0 Å². The molecule has 1 aromatic rings. The zero-order chi connectivity index (χ0) is 12.1. The third-order valence-corrected chi connectivity index (χ3v) is 2.25. The summed E-state index contributed by atoms with van der Waals surface area (Å²) in [6, 6.07) is 2.71. The highest BCUT2D eigenvalue weighted by atomic mass is 17.1. The molecular formula is C11H14O5. The van der Waals surface area contributed by atoms with Crippen molar-refractivity contribution in [2.24, 2.45) is 0 Å². The number of benzene rings is 1. The number of phenolic OH excluding ortho intramolecular Hbond substituents is 1. The van der Waals surface area contributed by atoms with Crippen LogP contribution in [-0.4, -0.2) is 23.4 Å². The van der Waals surface area contributed by atoms with E-state index < -0.39 is 5.97 Å². The summed E-state index contributed by atoms with van der Waals surface area (Å²) in [6.07, 6.45) is 1.31. The van der Waals surface area contributed by atoms with Gasteiger partial charge >= 0.3 is 5.97 Å². The molecule has 0 fully saturated rings. The highest BCUT2D eigenvalue weighted by Gasteiger charge is 2.19. The molecule has 16 heavy (non-hydrogen) atoms. The summed E-state index contributed by atoms with van der Waals surface area (Å²) in [5.41, 5.74) is 0.725. The molecule has 0 unspecified atom stereocenters. The summed E-state index contributed by atoms with van der Waals surface area (Å²) < 4.78 is 5.02. The molecule has 0 atom stereocenters. The van der Waals surface area contributed by atoms with E-state index in [-0.39, 0.29) is 17.1 Å². The van der Waals surface area contributed by atoms with E-state index in [1.807, 2.05) is 6.92 Å². The topological polar surface area (TPSA) is 76.0 Å². The maximum Gasteiger partial charge on any atom is 0.373 e. The first-order chi connectivity index (χ1) is 7.65. The Hall–Kier alpha value is -1.75. The van der Waals surface area contributed by atoms with Crippen LogP contribution in [0.15, 0.2) is 12.1 Å². The standard InChI is InChI=1S/C11H14O5/c1-3-4-7-8(11(13)16-14)5-6-9(12)10(7)15-2/h5-6,12,14H,3-4H2,1-2H3. The average Bonchev–Trinajstić information content (AvgIpc) is 2.29. The van der Waals surface area contributed by atoms with Crippen LogP contribution in [0.3, 0.4) is 0 Å². The van der Waals surface area contributed by atoms with E-state index in [1.54, 1.807) is 0 Å². The Kier molecular flexibility index (Phi) is 4.13. The van der Waals surface area contributed by atoms with Crippen LogP contribution in [0.4, 0.5) is 0 Å². The maximum absolute atomic E-state index is 11.3. The van der Waals surface area contributed by atoms with Crippen molar-refractivity contribution in [1.29, 1.82) is 0 Å². The normalized spacial score (nSPS) is 9.94. The summed E-state index contributed by atoms with van der Waals surface area (Å²) in [5, 5.41) is 17.9. The van der Waals surface area contributed by atoms with Crippen LogP contribution in [-0.2, 0) is 11.3 Å². The first kappa shape index (κ1) is 12.3. The third-order valence-electron chi connectivity index (χ3n) is 2.25. The fourth-order valence-corrected chi connectivity index (χ4v) is 1.58. The lowest BCUT2D eigenvalue weighted by atomic mass is 10.0. The Balaban J connectivity index is 3.32. The van der Waals surface area contributed by atoms with E-state index in [4.69, 9.17) is 9.99 Å². The van der Waals surface area contributed by atoms with Gasteiger partial charge in [0.25, 0.3) is 0 Å². The zero-order valence-electron chi connectivity index (χ0n) is 9.19. The molecule has 0 heterocycles. The van der Waals surface area contributed by atoms with Crippen LogP contribution in [0, 0.1) is 0 Å². The van der Waals surface area contributed by atoms with Gasteiger partial charge in [0, 0.05) is 5.56 Å². The minimum atomic E-state index is -0.859. The van der Waals surface area contributed by atoms with Gasteiger partial charge in [0.1, 0.15) is 0 Å². The molecule has 0 aromatic heterocycles. The van der Waals surface area contributed by atoms with Crippen molar-refractivity contribution < 1.29 is 24.8 Å². The molecule has 0 radical (unpaired) electrons. The largest absolute Gasteiger partial charge is 0.504 e. The second kappa shape index (κ2) is 5.37. The number of carbonyl (C=O) groups is 1. The number of carbonyl (C=O) groups excluding carboxylic acids is 1. The van der Waals surface area contributed by atoms with Gasteiger partial charge in [0.15, 0.2) is 11.5 Å². The second-order valence-corrected chi connectivity index (χ2v) is 3.27. The zero-order valence-corrected chi connectivity index (χ0v) is 9.19. The van der Waals surface area contributed by atoms with Crippen LogP contribution in [0.25, 0.3) is 0 Å². The SMILES string of the molecule is CCCc1c(C(=O)OO)ccc(O)c1OC. The van der Waals surface area contributed by atoms with Gasteiger partial charge in [-0.1, -0.05) is 13.3 Å². The van der Waals surface area contributed by atoms with Crippen molar-refractivity contribution in [3.63, 3.8) is 0 Å². The average molecular weight is 226 g/mol. The van der Waals surface area contributed by atoms with E-state index in [0.717, 1.165) is 6.42 Å². The molecule has 0 amide bonds. The Labute approximate surface area is 93.2 Å². The van der Waals surface area contributed by atoms with E-state index in [1.165, 1.54) is 19.2 Å². The quantitative estimate of drug-likeness (QED) is 0.606. The number of ether oxygens (including phenoxy) is 1. The number of aromatic hydroxyl groups is 1. The molecule has 0 bridgehead atoms. The van der Waals surface area contributed by atoms with Gasteiger partial charge in [-0.05, 0) is 18.6 Å². The van der Waals surface area contributed by atoms with Gasteiger partial charge in [-0.15, -0.1) is 0 Å². The van der Waals surface area contributed by atoms with E-state index in [0.29, 0.717) is 12.0 Å². The Morgan fingerprint density at radius 3 is 2.62 bits per heavy atom. The van der Waals surface area contributed by atoms with Gasteiger partial charge in [-0.25, -0.2) is 4.79 Å². The van der Waals surface area contributed by atoms with Gasteiger partial charge in [-0.3, -0.25) is 4.89 Å². The Morgan fingerprint density at radius 1 is 1.44 bits per heavy atom. The van der Waals surface area contributed by atoms with Crippen LogP contribution in [0.2, 0.25) is 0 Å². The first-order valence-electron chi connectivity index (χ1n) is 4.90. The van der Waals surface area contributed by atoms with E-state index >= 15 is 0 Å². The fourth-order valence-electron chi connectivity index (χ4n) is 1.58. The number of rotatable bonds is 4. The number of phenols is 1. The highest BCUT2D eigenvalue weighted by Crippen LogP contribution is 2.33. The number of methoxy groups -OCH3 is 1. The van der Waals surface area contributed by atoms with Crippen molar-refractivity contribution in [3.05, 3.63) is 23.3 Å². The second-order valence-electron chi connectivity index (χ2n) is 3.27. The Morgan fingerprint density at radius 2 is 2.12 bits per heavy atom. The molecule has 0 aliphatic rings. The minimum absolute atomic E-state index is 0.0413. The molecule has 1 aromatic carbocycles. The van der Waals surface area contributed by atoms with Crippen LogP contribution >= 0.6 is 0 Å². The van der Waals surface area contributed by atoms with Crippen molar-refractivity contribution >= 4 is 5.97 Å². The molecule has 0 saturated heterocycles. The van der Waals surface area contributed by atoms with Crippen molar-refractivity contribution in [2.45, 2.75) is 19.8 Å². The van der Waals surface area contributed by atoms with Crippen molar-refractivity contribution in [2.75, 3.05) is 7.11 Å². The van der Waals surface area contributed by atoms with E-state index in [2.05, 4.69) is 4.89 Å². The summed E-state index contributed by atoms with van der Waals surface area (Å²) in [7, 11) is 1.41. The lowest BCUT2D eigenvalue weighted by Crippen LogP contribution is -2.07. The predicted octanol–water partition coefficient (Wildman–Crippen LogP) is 1.98. The number of hydrogen-bond donors (Lipinski definition) is 2. The number of hydrogen-bond acceptors (Lipinski definition) is 5. The molecule has 88 valence electrons. The predicted molar refractivity (Wildman–Crippen MR) is 56.7 cm³/mol. The molecule has 1 rings (SSSR count). The molecule has 0 aliphatic carbocycles. The molecule has 5 nitrogen and oxygen atoms in total. The minimum Gasteiger partial charge on any atom is -0.504 e. The molecular weight excluding hydrogens is 212 g/mol. The highest BCUT2D eigenvalue weighted by molar-refractivity contribution is 5.92. The van der Waals surface area contributed by atoms with Gasteiger partial charge in [-0.2, -0.15) is 5.26 Å².